The van der Waals surface area contributed by atoms with Gasteiger partial charge < -0.3 is 5.32 Å². The highest BCUT2D eigenvalue weighted by Crippen LogP contribution is 1.91. The Morgan fingerprint density at radius 3 is 2.47 bits per heavy atom. The molecular formula is C8H20ClFN2O2S. The smallest absolute Gasteiger partial charge is 0.211 e. The highest BCUT2D eigenvalue weighted by Gasteiger charge is 2.10. The Labute approximate surface area is 97.5 Å². The molecule has 0 aliphatic rings. The minimum absolute atomic E-state index is 0. The van der Waals surface area contributed by atoms with Gasteiger partial charge in [-0.25, -0.2) is 13.1 Å². The molecule has 0 aromatic carbocycles. The van der Waals surface area contributed by atoms with Crippen LogP contribution < -0.4 is 10.0 Å². The lowest BCUT2D eigenvalue weighted by Gasteiger charge is -2.13. The van der Waals surface area contributed by atoms with Gasteiger partial charge in [0.15, 0.2) is 0 Å². The van der Waals surface area contributed by atoms with Crippen LogP contribution >= 0.6 is 12.4 Å². The second-order valence-electron chi connectivity index (χ2n) is 3.17. The Morgan fingerprint density at radius 2 is 2.00 bits per heavy atom. The zero-order chi connectivity index (χ0) is 11.0. The number of hydrogen-bond acceptors (Lipinski definition) is 3. The van der Waals surface area contributed by atoms with Crippen molar-refractivity contribution in [2.75, 3.05) is 25.5 Å². The van der Waals surface area contributed by atoms with Crippen molar-refractivity contribution >= 4 is 22.4 Å². The number of halogens is 2. The van der Waals surface area contributed by atoms with E-state index in [0.717, 1.165) is 6.54 Å². The molecule has 0 spiro atoms. The summed E-state index contributed by atoms with van der Waals surface area (Å²) in [5.74, 6) is -0.137. The maximum absolute atomic E-state index is 11.7. The predicted octanol–water partition coefficient (Wildman–Crippen LogP) is 0.685. The fraction of sp³-hybridized carbons (Fsp3) is 1.00. The molecule has 0 saturated heterocycles. The molecule has 0 amide bonds. The number of alkyl halides is 1. The van der Waals surface area contributed by atoms with Gasteiger partial charge in [-0.3, -0.25) is 4.39 Å². The van der Waals surface area contributed by atoms with Crippen LogP contribution in [-0.2, 0) is 10.0 Å². The van der Waals surface area contributed by atoms with Crippen LogP contribution in [0.2, 0.25) is 0 Å². The van der Waals surface area contributed by atoms with E-state index >= 15 is 0 Å². The molecule has 15 heavy (non-hydrogen) atoms. The average molecular weight is 263 g/mol. The second-order valence-corrected chi connectivity index (χ2v) is 5.10. The van der Waals surface area contributed by atoms with Gasteiger partial charge in [0.1, 0.15) is 0 Å². The third kappa shape index (κ3) is 10.4. The lowest BCUT2D eigenvalue weighted by atomic mass is 10.3. The van der Waals surface area contributed by atoms with E-state index in [0.29, 0.717) is 6.54 Å². The molecule has 0 fully saturated rings. The third-order valence-electron chi connectivity index (χ3n) is 1.71. The molecule has 0 aromatic heterocycles. The third-order valence-corrected chi connectivity index (χ3v) is 3.14. The Bertz CT molecular complexity index is 237. The van der Waals surface area contributed by atoms with Crippen LogP contribution in [0.1, 0.15) is 20.3 Å². The molecule has 2 N–H and O–H groups in total. The lowest BCUT2D eigenvalue weighted by molar-refractivity contribution is 0.481. The zero-order valence-electron chi connectivity index (χ0n) is 9.12. The van der Waals surface area contributed by atoms with Gasteiger partial charge in [-0.2, -0.15) is 0 Å². The summed E-state index contributed by atoms with van der Waals surface area (Å²) in [6.45, 7) is 4.40. The monoisotopic (exact) mass is 262 g/mol. The van der Waals surface area contributed by atoms with E-state index in [-0.39, 0.29) is 30.6 Å². The van der Waals surface area contributed by atoms with Crippen molar-refractivity contribution in [3.8, 4) is 0 Å². The summed E-state index contributed by atoms with van der Waals surface area (Å²) in [6, 6.07) is 0.0974. The first-order valence-electron chi connectivity index (χ1n) is 4.78. The normalized spacial score (nSPS) is 13.3. The first-order valence-corrected chi connectivity index (χ1v) is 6.43. The standard InChI is InChI=1S/C8H19FN2O2S.ClH/c1-3-10-8(2)7-11-14(12,13)6-4-5-9;/h8,10-11H,3-7H2,1-2H3;1H/t8-;/m1./s1. The van der Waals surface area contributed by atoms with E-state index in [1.54, 1.807) is 0 Å². The van der Waals surface area contributed by atoms with Crippen LogP contribution in [0.5, 0.6) is 0 Å². The van der Waals surface area contributed by atoms with E-state index < -0.39 is 16.7 Å². The minimum atomic E-state index is -3.29. The second kappa shape index (κ2) is 9.33. The van der Waals surface area contributed by atoms with Gasteiger partial charge >= 0.3 is 0 Å². The number of nitrogens with one attached hydrogen (secondary N) is 2. The van der Waals surface area contributed by atoms with Gasteiger partial charge in [-0.05, 0) is 19.9 Å². The highest BCUT2D eigenvalue weighted by atomic mass is 35.5. The van der Waals surface area contributed by atoms with E-state index in [9.17, 15) is 12.8 Å². The van der Waals surface area contributed by atoms with Crippen LogP contribution in [0, 0.1) is 0 Å². The van der Waals surface area contributed by atoms with E-state index in [4.69, 9.17) is 0 Å². The van der Waals surface area contributed by atoms with Crippen molar-refractivity contribution < 1.29 is 12.8 Å². The first-order chi connectivity index (χ1) is 6.52. The molecule has 1 atom stereocenters. The van der Waals surface area contributed by atoms with Gasteiger partial charge in [0.2, 0.25) is 10.0 Å². The van der Waals surface area contributed by atoms with E-state index in [1.807, 2.05) is 13.8 Å². The van der Waals surface area contributed by atoms with Gasteiger partial charge in [0.05, 0.1) is 12.4 Å². The zero-order valence-corrected chi connectivity index (χ0v) is 10.8. The topological polar surface area (TPSA) is 58.2 Å². The molecule has 0 radical (unpaired) electrons. The molecule has 0 saturated carbocycles. The molecule has 0 aliphatic carbocycles. The largest absolute Gasteiger partial charge is 0.313 e. The summed E-state index contributed by atoms with van der Waals surface area (Å²) in [5, 5.41) is 3.07. The summed E-state index contributed by atoms with van der Waals surface area (Å²) in [7, 11) is -3.29. The fourth-order valence-corrected chi connectivity index (χ4v) is 2.13. The van der Waals surface area contributed by atoms with E-state index in [1.165, 1.54) is 0 Å². The Kier molecular flexibility index (Phi) is 10.9. The minimum Gasteiger partial charge on any atom is -0.313 e. The van der Waals surface area contributed by atoms with Crippen molar-refractivity contribution in [3.05, 3.63) is 0 Å². The van der Waals surface area contributed by atoms with Crippen LogP contribution in [0.4, 0.5) is 4.39 Å². The number of rotatable bonds is 8. The number of hydrogen-bond donors (Lipinski definition) is 2. The average Bonchev–Trinajstić information content (AvgIpc) is 2.13. The number of likely N-dealkylation sites (N-methyl/N-ethyl adjacent to an activating group) is 1. The molecule has 7 heteroatoms. The molecular weight excluding hydrogens is 243 g/mol. The van der Waals surface area contributed by atoms with Crippen LogP contribution in [0.15, 0.2) is 0 Å². The van der Waals surface area contributed by atoms with Gasteiger partial charge in [0.25, 0.3) is 0 Å². The predicted molar refractivity (Wildman–Crippen MR) is 62.8 cm³/mol. The van der Waals surface area contributed by atoms with Crippen LogP contribution in [0.25, 0.3) is 0 Å². The van der Waals surface area contributed by atoms with Gasteiger partial charge in [-0.15, -0.1) is 12.4 Å². The Morgan fingerprint density at radius 1 is 1.40 bits per heavy atom. The number of sulfonamides is 1. The lowest BCUT2D eigenvalue weighted by Crippen LogP contribution is -2.39. The Hall–Kier alpha value is 0.0900. The van der Waals surface area contributed by atoms with Crippen LogP contribution in [0.3, 0.4) is 0 Å². The van der Waals surface area contributed by atoms with Crippen molar-refractivity contribution in [2.45, 2.75) is 26.3 Å². The molecule has 4 nitrogen and oxygen atoms in total. The molecule has 0 aromatic rings. The summed E-state index contributed by atoms with van der Waals surface area (Å²) < 4.78 is 36.5. The van der Waals surface area contributed by atoms with Gasteiger partial charge in [0, 0.05) is 12.6 Å². The highest BCUT2D eigenvalue weighted by molar-refractivity contribution is 7.89. The van der Waals surface area contributed by atoms with Crippen molar-refractivity contribution in [3.63, 3.8) is 0 Å². The summed E-state index contributed by atoms with van der Waals surface area (Å²) >= 11 is 0. The maximum Gasteiger partial charge on any atom is 0.211 e. The summed E-state index contributed by atoms with van der Waals surface area (Å²) in [5.41, 5.74) is 0. The SMILES string of the molecule is CCN[C@H](C)CNS(=O)(=O)CCCF.Cl. The Balaban J connectivity index is 0. The molecule has 0 heterocycles. The van der Waals surface area contributed by atoms with Crippen molar-refractivity contribution in [1.82, 2.24) is 10.0 Å². The van der Waals surface area contributed by atoms with Crippen LogP contribution in [-0.4, -0.2) is 40.0 Å². The summed E-state index contributed by atoms with van der Waals surface area (Å²) in [6.07, 6.45) is 0.0604. The van der Waals surface area contributed by atoms with Gasteiger partial charge in [-0.1, -0.05) is 6.92 Å². The molecule has 94 valence electrons. The fourth-order valence-electron chi connectivity index (χ4n) is 0.989. The quantitative estimate of drug-likeness (QED) is 0.677. The molecule has 0 aliphatic heterocycles. The molecule has 0 unspecified atom stereocenters. The van der Waals surface area contributed by atoms with Crippen molar-refractivity contribution in [1.29, 1.82) is 0 Å². The van der Waals surface area contributed by atoms with Crippen molar-refractivity contribution in [2.24, 2.45) is 0 Å². The van der Waals surface area contributed by atoms with E-state index in [2.05, 4.69) is 10.0 Å². The molecule has 0 rings (SSSR count). The summed E-state index contributed by atoms with van der Waals surface area (Å²) in [4.78, 5) is 0. The maximum atomic E-state index is 11.7. The molecule has 0 bridgehead atoms. The first kappa shape index (κ1) is 17.5.